The van der Waals surface area contributed by atoms with Crippen LogP contribution in [0.15, 0.2) is 48.5 Å². The smallest absolute Gasteiger partial charge is 0.292 e. The van der Waals surface area contributed by atoms with Gasteiger partial charge in [0.25, 0.3) is 11.7 Å². The van der Waals surface area contributed by atoms with Crippen LogP contribution in [0.5, 0.6) is 0 Å². The van der Waals surface area contributed by atoms with E-state index < -0.39 is 11.7 Å². The summed E-state index contributed by atoms with van der Waals surface area (Å²) in [4.78, 5) is 27.8. The molecule has 3 aromatic rings. The SMILES string of the molecule is Cc1[nH]c2ccccc2c1C(=O)C(=O)NCc1ccccc1Cl. The first-order valence-corrected chi connectivity index (χ1v) is 7.59. The van der Waals surface area contributed by atoms with E-state index in [2.05, 4.69) is 10.3 Å². The standard InChI is InChI=1S/C18H15ClN2O2/c1-11-16(13-7-3-5-9-15(13)21-11)17(22)18(23)20-10-12-6-2-4-8-14(12)19/h2-9,21H,10H2,1H3,(H,20,23). The summed E-state index contributed by atoms with van der Waals surface area (Å²) in [6.45, 7) is 2.00. The van der Waals surface area contributed by atoms with Crippen molar-refractivity contribution in [2.75, 3.05) is 0 Å². The van der Waals surface area contributed by atoms with E-state index in [-0.39, 0.29) is 6.54 Å². The zero-order valence-corrected chi connectivity index (χ0v) is 13.3. The lowest BCUT2D eigenvalue weighted by molar-refractivity contribution is -0.117. The number of carbonyl (C=O) groups is 2. The summed E-state index contributed by atoms with van der Waals surface area (Å²) < 4.78 is 0. The van der Waals surface area contributed by atoms with Crippen LogP contribution in [0.25, 0.3) is 10.9 Å². The van der Waals surface area contributed by atoms with E-state index in [1.807, 2.05) is 42.5 Å². The topological polar surface area (TPSA) is 62.0 Å². The van der Waals surface area contributed by atoms with Gasteiger partial charge in [-0.1, -0.05) is 48.0 Å². The summed E-state index contributed by atoms with van der Waals surface area (Å²) in [7, 11) is 0. The highest BCUT2D eigenvalue weighted by Gasteiger charge is 2.22. The molecule has 116 valence electrons. The molecule has 0 aliphatic rings. The Balaban J connectivity index is 1.81. The van der Waals surface area contributed by atoms with Crippen LogP contribution in [0.1, 0.15) is 21.6 Å². The molecule has 1 aromatic heterocycles. The zero-order valence-electron chi connectivity index (χ0n) is 12.5. The number of rotatable bonds is 4. The number of halogens is 1. The highest BCUT2D eigenvalue weighted by Crippen LogP contribution is 2.22. The lowest BCUT2D eigenvalue weighted by Crippen LogP contribution is -2.31. The van der Waals surface area contributed by atoms with Gasteiger partial charge in [0.1, 0.15) is 0 Å². The van der Waals surface area contributed by atoms with E-state index >= 15 is 0 Å². The quantitative estimate of drug-likeness (QED) is 0.568. The van der Waals surface area contributed by atoms with Crippen LogP contribution in [0.3, 0.4) is 0 Å². The number of hydrogen-bond donors (Lipinski definition) is 2. The summed E-state index contributed by atoms with van der Waals surface area (Å²) in [5, 5.41) is 3.94. The van der Waals surface area contributed by atoms with Crippen molar-refractivity contribution in [2.24, 2.45) is 0 Å². The molecule has 0 radical (unpaired) electrons. The van der Waals surface area contributed by atoms with Crippen molar-refractivity contribution in [2.45, 2.75) is 13.5 Å². The molecule has 0 bridgehead atoms. The molecule has 3 rings (SSSR count). The number of H-pyrrole nitrogens is 1. The van der Waals surface area contributed by atoms with Crippen LogP contribution >= 0.6 is 11.6 Å². The second-order valence-corrected chi connectivity index (χ2v) is 5.68. The van der Waals surface area contributed by atoms with Gasteiger partial charge in [-0.3, -0.25) is 9.59 Å². The largest absolute Gasteiger partial charge is 0.358 e. The molecular formula is C18H15ClN2O2. The van der Waals surface area contributed by atoms with E-state index in [9.17, 15) is 9.59 Å². The molecule has 0 unspecified atom stereocenters. The van der Waals surface area contributed by atoms with Crippen molar-refractivity contribution in [1.29, 1.82) is 0 Å². The molecule has 0 spiro atoms. The minimum absolute atomic E-state index is 0.214. The van der Waals surface area contributed by atoms with Crippen molar-refractivity contribution in [1.82, 2.24) is 10.3 Å². The van der Waals surface area contributed by atoms with Crippen molar-refractivity contribution < 1.29 is 9.59 Å². The maximum absolute atomic E-state index is 12.5. The lowest BCUT2D eigenvalue weighted by atomic mass is 10.1. The van der Waals surface area contributed by atoms with Gasteiger partial charge >= 0.3 is 0 Å². The highest BCUT2D eigenvalue weighted by atomic mass is 35.5. The Kier molecular flexibility index (Phi) is 4.17. The molecule has 5 heteroatoms. The number of benzene rings is 2. The fraction of sp³-hybridized carbons (Fsp3) is 0.111. The van der Waals surface area contributed by atoms with E-state index in [1.54, 1.807) is 13.0 Å². The summed E-state index contributed by atoms with van der Waals surface area (Å²) >= 11 is 6.05. The minimum atomic E-state index is -0.641. The Morgan fingerprint density at radius 2 is 1.78 bits per heavy atom. The number of hydrogen-bond acceptors (Lipinski definition) is 2. The number of nitrogens with one attached hydrogen (secondary N) is 2. The molecule has 0 saturated carbocycles. The number of Topliss-reactive ketones (excluding diaryl/α,β-unsaturated/α-hetero) is 1. The average molecular weight is 327 g/mol. The predicted octanol–water partition coefficient (Wildman–Crippen LogP) is 3.63. The van der Waals surface area contributed by atoms with Crippen LogP contribution in [0.4, 0.5) is 0 Å². The van der Waals surface area contributed by atoms with Gasteiger partial charge in [0.15, 0.2) is 0 Å². The summed E-state index contributed by atoms with van der Waals surface area (Å²) in [6.07, 6.45) is 0. The van der Waals surface area contributed by atoms with Crippen LogP contribution in [0.2, 0.25) is 5.02 Å². The third kappa shape index (κ3) is 2.98. The van der Waals surface area contributed by atoms with Gasteiger partial charge in [0, 0.05) is 28.2 Å². The number of para-hydroxylation sites is 1. The Bertz CT molecular complexity index is 899. The molecule has 2 aromatic carbocycles. The molecule has 2 N–H and O–H groups in total. The van der Waals surface area contributed by atoms with Crippen LogP contribution in [-0.4, -0.2) is 16.7 Å². The van der Waals surface area contributed by atoms with Gasteiger partial charge in [-0.2, -0.15) is 0 Å². The number of aromatic nitrogens is 1. The molecule has 1 amide bonds. The maximum Gasteiger partial charge on any atom is 0.292 e. The number of amides is 1. The molecular weight excluding hydrogens is 312 g/mol. The molecule has 1 heterocycles. The Hall–Kier alpha value is -2.59. The van der Waals surface area contributed by atoms with Crippen LogP contribution in [0, 0.1) is 6.92 Å². The fourth-order valence-corrected chi connectivity index (χ4v) is 2.78. The van der Waals surface area contributed by atoms with E-state index in [1.165, 1.54) is 0 Å². The van der Waals surface area contributed by atoms with Gasteiger partial charge in [-0.25, -0.2) is 0 Å². The third-order valence-corrected chi connectivity index (χ3v) is 4.09. The monoisotopic (exact) mass is 326 g/mol. The first-order valence-electron chi connectivity index (χ1n) is 7.21. The minimum Gasteiger partial charge on any atom is -0.358 e. The summed E-state index contributed by atoms with van der Waals surface area (Å²) in [6, 6.07) is 14.6. The van der Waals surface area contributed by atoms with E-state index in [4.69, 9.17) is 11.6 Å². The van der Waals surface area contributed by atoms with Crippen LogP contribution < -0.4 is 5.32 Å². The fourth-order valence-electron chi connectivity index (χ4n) is 2.58. The molecule has 0 aliphatic carbocycles. The second-order valence-electron chi connectivity index (χ2n) is 5.27. The van der Waals surface area contributed by atoms with Crippen molar-refractivity contribution in [3.8, 4) is 0 Å². The summed E-state index contributed by atoms with van der Waals surface area (Å²) in [5.74, 6) is -1.19. The number of aryl methyl sites for hydroxylation is 1. The van der Waals surface area contributed by atoms with Crippen molar-refractivity contribution >= 4 is 34.2 Å². The lowest BCUT2D eigenvalue weighted by Gasteiger charge is -2.06. The first-order chi connectivity index (χ1) is 11.1. The third-order valence-electron chi connectivity index (χ3n) is 3.72. The van der Waals surface area contributed by atoms with Crippen molar-refractivity contribution in [3.05, 3.63) is 70.4 Å². The Morgan fingerprint density at radius 3 is 2.57 bits per heavy atom. The zero-order chi connectivity index (χ0) is 16.4. The van der Waals surface area contributed by atoms with E-state index in [0.29, 0.717) is 16.3 Å². The normalized spacial score (nSPS) is 10.7. The molecule has 0 aliphatic heterocycles. The van der Waals surface area contributed by atoms with Gasteiger partial charge in [0.2, 0.25) is 0 Å². The second kappa shape index (κ2) is 6.26. The van der Waals surface area contributed by atoms with E-state index in [0.717, 1.165) is 16.5 Å². The molecule has 0 saturated heterocycles. The van der Waals surface area contributed by atoms with Gasteiger partial charge in [0.05, 0.1) is 5.56 Å². The molecule has 0 atom stereocenters. The Morgan fingerprint density at radius 1 is 1.09 bits per heavy atom. The van der Waals surface area contributed by atoms with Gasteiger partial charge in [-0.05, 0) is 24.6 Å². The highest BCUT2D eigenvalue weighted by molar-refractivity contribution is 6.45. The van der Waals surface area contributed by atoms with Crippen LogP contribution in [-0.2, 0) is 11.3 Å². The molecule has 23 heavy (non-hydrogen) atoms. The average Bonchev–Trinajstić information content (AvgIpc) is 2.89. The van der Waals surface area contributed by atoms with Gasteiger partial charge in [-0.15, -0.1) is 0 Å². The number of fused-ring (bicyclic) bond motifs is 1. The summed E-state index contributed by atoms with van der Waals surface area (Å²) in [5.41, 5.74) is 2.71. The molecule has 0 fully saturated rings. The predicted molar refractivity (Wildman–Crippen MR) is 90.7 cm³/mol. The maximum atomic E-state index is 12.5. The number of aromatic amines is 1. The first kappa shape index (κ1) is 15.3. The van der Waals surface area contributed by atoms with Crippen molar-refractivity contribution in [3.63, 3.8) is 0 Å². The van der Waals surface area contributed by atoms with Gasteiger partial charge < -0.3 is 10.3 Å². The Labute approximate surface area is 138 Å². The molecule has 4 nitrogen and oxygen atoms in total. The number of carbonyl (C=O) groups excluding carboxylic acids is 2. The number of ketones is 1.